The van der Waals surface area contributed by atoms with E-state index in [9.17, 15) is 8.42 Å². The molecule has 0 aliphatic heterocycles. The van der Waals surface area contributed by atoms with Crippen LogP contribution >= 0.6 is 0 Å². The summed E-state index contributed by atoms with van der Waals surface area (Å²) in [5.41, 5.74) is 7.30. The van der Waals surface area contributed by atoms with Crippen LogP contribution in [0.1, 0.15) is 18.2 Å². The number of rotatable bonds is 5. The molecule has 2 aromatic rings. The van der Waals surface area contributed by atoms with Crippen molar-refractivity contribution in [2.45, 2.75) is 24.8 Å². The Morgan fingerprint density at radius 2 is 2.20 bits per heavy atom. The van der Waals surface area contributed by atoms with Gasteiger partial charge in [-0.25, -0.2) is 13.1 Å². The van der Waals surface area contributed by atoms with Crippen molar-refractivity contribution < 1.29 is 8.42 Å². The lowest BCUT2D eigenvalue weighted by Gasteiger charge is -2.08. The summed E-state index contributed by atoms with van der Waals surface area (Å²) in [4.78, 5) is 4.18. The fraction of sp³-hybridized carbons (Fsp3) is 0.333. The van der Waals surface area contributed by atoms with Crippen LogP contribution in [0.15, 0.2) is 29.4 Å². The molecule has 7 nitrogen and oxygen atoms in total. The van der Waals surface area contributed by atoms with Crippen LogP contribution < -0.4 is 10.5 Å². The minimum absolute atomic E-state index is 0.0169. The van der Waals surface area contributed by atoms with Crippen LogP contribution in [0, 0.1) is 0 Å². The Morgan fingerprint density at radius 1 is 1.45 bits per heavy atom. The number of aromatic nitrogens is 3. The molecule has 0 amide bonds. The van der Waals surface area contributed by atoms with Crippen molar-refractivity contribution >= 4 is 15.8 Å². The van der Waals surface area contributed by atoms with E-state index in [-0.39, 0.29) is 17.3 Å². The maximum Gasteiger partial charge on any atom is 0.246 e. The average Bonchev–Trinajstić information content (AvgIpc) is 2.76. The van der Waals surface area contributed by atoms with E-state index in [4.69, 9.17) is 5.73 Å². The van der Waals surface area contributed by atoms with Crippen molar-refractivity contribution in [3.8, 4) is 0 Å². The van der Waals surface area contributed by atoms with E-state index >= 15 is 0 Å². The lowest BCUT2D eigenvalue weighted by Crippen LogP contribution is -2.24. The van der Waals surface area contributed by atoms with Gasteiger partial charge in [0.2, 0.25) is 10.0 Å². The fourth-order valence-corrected chi connectivity index (χ4v) is 2.97. The first-order chi connectivity index (χ1) is 9.44. The molecule has 0 saturated heterocycles. The van der Waals surface area contributed by atoms with E-state index in [0.29, 0.717) is 5.69 Å². The predicted octanol–water partition coefficient (Wildman–Crippen LogP) is 0.438. The Bertz CT molecular complexity index is 708. The summed E-state index contributed by atoms with van der Waals surface area (Å²) in [6.07, 6.45) is 3.80. The Kier molecular flexibility index (Phi) is 4.05. The van der Waals surface area contributed by atoms with Gasteiger partial charge in [0, 0.05) is 19.4 Å². The summed E-state index contributed by atoms with van der Waals surface area (Å²) in [6, 6.07) is 3.75. The Balaban J connectivity index is 2.20. The molecule has 0 aliphatic carbocycles. The molecule has 2 heterocycles. The van der Waals surface area contributed by atoms with E-state index in [1.807, 2.05) is 19.1 Å². The third-order valence-electron chi connectivity index (χ3n) is 2.91. The number of pyridine rings is 1. The molecule has 0 fully saturated rings. The fourth-order valence-electron chi connectivity index (χ4n) is 1.88. The van der Waals surface area contributed by atoms with E-state index < -0.39 is 10.0 Å². The maximum atomic E-state index is 12.2. The number of nitrogens with zero attached hydrogens (tertiary/aromatic N) is 3. The summed E-state index contributed by atoms with van der Waals surface area (Å²) in [5.74, 6) is -0.0169. The number of sulfonamides is 1. The van der Waals surface area contributed by atoms with E-state index in [0.717, 1.165) is 12.0 Å². The highest BCUT2D eigenvalue weighted by Gasteiger charge is 2.20. The first kappa shape index (κ1) is 14.5. The second kappa shape index (κ2) is 5.59. The molecule has 0 aromatic carbocycles. The molecule has 8 heteroatoms. The number of hydrogen-bond acceptors (Lipinski definition) is 5. The van der Waals surface area contributed by atoms with Crippen LogP contribution in [-0.4, -0.2) is 23.2 Å². The Hall–Kier alpha value is -1.93. The van der Waals surface area contributed by atoms with Crippen molar-refractivity contribution in [3.05, 3.63) is 35.8 Å². The largest absolute Gasteiger partial charge is 0.381 e. The summed E-state index contributed by atoms with van der Waals surface area (Å²) < 4.78 is 28.2. The van der Waals surface area contributed by atoms with Crippen LogP contribution in [0.5, 0.6) is 0 Å². The number of aryl methyl sites for hydroxylation is 2. The summed E-state index contributed by atoms with van der Waals surface area (Å²) in [7, 11) is -2.08. The highest BCUT2D eigenvalue weighted by Crippen LogP contribution is 2.16. The smallest absolute Gasteiger partial charge is 0.246 e. The first-order valence-electron chi connectivity index (χ1n) is 6.15. The number of anilines is 1. The lowest BCUT2D eigenvalue weighted by atomic mass is 10.1. The average molecular weight is 295 g/mol. The molecular weight excluding hydrogens is 278 g/mol. The van der Waals surface area contributed by atoms with Gasteiger partial charge >= 0.3 is 0 Å². The van der Waals surface area contributed by atoms with E-state index in [1.54, 1.807) is 13.2 Å². The van der Waals surface area contributed by atoms with Gasteiger partial charge in [0.05, 0.1) is 12.2 Å². The number of nitrogen functional groups attached to an aromatic ring is 1. The number of nitrogens with two attached hydrogens (primary N) is 1. The van der Waals surface area contributed by atoms with Crippen LogP contribution in [-0.2, 0) is 30.0 Å². The van der Waals surface area contributed by atoms with E-state index in [1.165, 1.54) is 10.9 Å². The second-order valence-corrected chi connectivity index (χ2v) is 6.07. The Morgan fingerprint density at radius 3 is 2.80 bits per heavy atom. The summed E-state index contributed by atoms with van der Waals surface area (Å²) in [5, 5.41) is 3.83. The highest BCUT2D eigenvalue weighted by atomic mass is 32.2. The number of nitrogens with one attached hydrogen (secondary N) is 1. The van der Waals surface area contributed by atoms with Gasteiger partial charge in [-0.1, -0.05) is 13.0 Å². The molecule has 2 rings (SSSR count). The summed E-state index contributed by atoms with van der Waals surface area (Å²) >= 11 is 0. The topological polar surface area (TPSA) is 103 Å². The monoisotopic (exact) mass is 295 g/mol. The first-order valence-corrected chi connectivity index (χ1v) is 7.64. The van der Waals surface area contributed by atoms with Gasteiger partial charge < -0.3 is 5.73 Å². The molecule has 0 unspecified atom stereocenters. The molecule has 0 aliphatic rings. The molecule has 2 aromatic heterocycles. The second-order valence-electron chi connectivity index (χ2n) is 4.34. The van der Waals surface area contributed by atoms with Crippen molar-refractivity contribution in [2.24, 2.45) is 7.05 Å². The normalized spacial score (nSPS) is 11.7. The molecule has 0 radical (unpaired) electrons. The van der Waals surface area contributed by atoms with Gasteiger partial charge in [0.15, 0.2) is 5.82 Å². The molecule has 0 spiro atoms. The standard InChI is InChI=1S/C12H17N5O2S/c1-3-9-5-4-6-14-10(9)7-15-20(18,19)11-8-17(2)16-12(11)13/h4-6,8,15H,3,7H2,1-2H3,(H2,13,16). The molecular formula is C12H17N5O2S. The Labute approximate surface area is 117 Å². The summed E-state index contributed by atoms with van der Waals surface area (Å²) in [6.45, 7) is 2.12. The van der Waals surface area contributed by atoms with E-state index in [2.05, 4.69) is 14.8 Å². The van der Waals surface area contributed by atoms with Gasteiger partial charge in [0.1, 0.15) is 4.90 Å². The quantitative estimate of drug-likeness (QED) is 0.833. The minimum Gasteiger partial charge on any atom is -0.381 e. The van der Waals surface area contributed by atoms with Gasteiger partial charge in [0.25, 0.3) is 0 Å². The maximum absolute atomic E-state index is 12.2. The third kappa shape index (κ3) is 2.97. The third-order valence-corrected chi connectivity index (χ3v) is 4.32. The molecule has 108 valence electrons. The predicted molar refractivity (Wildman–Crippen MR) is 75.3 cm³/mol. The zero-order valence-corrected chi connectivity index (χ0v) is 12.2. The van der Waals surface area contributed by atoms with Crippen LogP contribution in [0.3, 0.4) is 0 Å². The van der Waals surface area contributed by atoms with Crippen LogP contribution in [0.25, 0.3) is 0 Å². The molecule has 0 bridgehead atoms. The lowest BCUT2D eigenvalue weighted by molar-refractivity contribution is 0.580. The van der Waals surface area contributed by atoms with Gasteiger partial charge in [-0.2, -0.15) is 5.10 Å². The minimum atomic E-state index is -3.69. The van der Waals surface area contributed by atoms with Gasteiger partial charge in [-0.15, -0.1) is 0 Å². The molecule has 0 saturated carbocycles. The van der Waals surface area contributed by atoms with Gasteiger partial charge in [-0.05, 0) is 18.1 Å². The zero-order chi connectivity index (χ0) is 14.8. The molecule has 3 N–H and O–H groups in total. The zero-order valence-electron chi connectivity index (χ0n) is 11.4. The number of hydrogen-bond donors (Lipinski definition) is 2. The van der Waals surface area contributed by atoms with Crippen LogP contribution in [0.4, 0.5) is 5.82 Å². The SMILES string of the molecule is CCc1cccnc1CNS(=O)(=O)c1cn(C)nc1N. The van der Waals surface area contributed by atoms with Crippen molar-refractivity contribution in [2.75, 3.05) is 5.73 Å². The van der Waals surface area contributed by atoms with Crippen molar-refractivity contribution in [1.82, 2.24) is 19.5 Å². The van der Waals surface area contributed by atoms with Crippen molar-refractivity contribution in [1.29, 1.82) is 0 Å². The van der Waals surface area contributed by atoms with Crippen molar-refractivity contribution in [3.63, 3.8) is 0 Å². The van der Waals surface area contributed by atoms with Gasteiger partial charge in [-0.3, -0.25) is 9.67 Å². The highest BCUT2D eigenvalue weighted by molar-refractivity contribution is 7.89. The van der Waals surface area contributed by atoms with Crippen LogP contribution in [0.2, 0.25) is 0 Å². The molecule has 0 atom stereocenters. The molecule has 20 heavy (non-hydrogen) atoms.